The second-order valence-electron chi connectivity index (χ2n) is 7.34. The predicted octanol–water partition coefficient (Wildman–Crippen LogP) is 2.32. The molecule has 0 spiro atoms. The Morgan fingerprint density at radius 3 is 2.50 bits per heavy atom. The van der Waals surface area contributed by atoms with E-state index < -0.39 is 0 Å². The average Bonchev–Trinajstić information content (AvgIpc) is 2.73. The summed E-state index contributed by atoms with van der Waals surface area (Å²) in [6.07, 6.45) is 0.849. The van der Waals surface area contributed by atoms with Crippen molar-refractivity contribution in [2.24, 2.45) is 0 Å². The molecular weight excluding hydrogens is 350 g/mol. The highest BCUT2D eigenvalue weighted by molar-refractivity contribution is 5.78. The fraction of sp³-hybridized carbons (Fsp3) is 0.435. The summed E-state index contributed by atoms with van der Waals surface area (Å²) in [6, 6.07) is 18.9. The summed E-state index contributed by atoms with van der Waals surface area (Å²) in [5.74, 6) is 0.0371. The number of morpholine rings is 1. The molecule has 2 aromatic rings. The van der Waals surface area contributed by atoms with E-state index in [2.05, 4.69) is 58.9 Å². The molecule has 1 aliphatic heterocycles. The molecule has 28 heavy (non-hydrogen) atoms. The van der Waals surface area contributed by atoms with E-state index in [-0.39, 0.29) is 11.9 Å². The molecule has 3 rings (SSSR count). The second-order valence-corrected chi connectivity index (χ2v) is 7.34. The largest absolute Gasteiger partial charge is 0.379 e. The molecule has 2 N–H and O–H groups in total. The highest BCUT2D eigenvalue weighted by Crippen LogP contribution is 2.16. The van der Waals surface area contributed by atoms with E-state index in [9.17, 15) is 4.79 Å². The first-order chi connectivity index (χ1) is 13.7. The van der Waals surface area contributed by atoms with Gasteiger partial charge in [-0.05, 0) is 24.5 Å². The SMILES string of the molecule is Cc1ccc([C@@H](CN2CCOCC2)NCC(=O)NCCc2ccccc2)cc1. The Bertz CT molecular complexity index is 712. The Morgan fingerprint density at radius 2 is 1.79 bits per heavy atom. The summed E-state index contributed by atoms with van der Waals surface area (Å²) in [5, 5.41) is 6.47. The summed E-state index contributed by atoms with van der Waals surface area (Å²) in [5.41, 5.74) is 3.70. The van der Waals surface area contributed by atoms with Crippen LogP contribution in [0.5, 0.6) is 0 Å². The van der Waals surface area contributed by atoms with Crippen LogP contribution < -0.4 is 10.6 Å². The van der Waals surface area contributed by atoms with Crippen molar-refractivity contribution in [3.05, 3.63) is 71.3 Å². The second kappa shape index (κ2) is 11.0. The van der Waals surface area contributed by atoms with Crippen LogP contribution in [0.25, 0.3) is 0 Å². The van der Waals surface area contributed by atoms with Gasteiger partial charge in [-0.15, -0.1) is 0 Å². The fourth-order valence-corrected chi connectivity index (χ4v) is 3.40. The third kappa shape index (κ3) is 6.75. The van der Waals surface area contributed by atoms with Crippen molar-refractivity contribution < 1.29 is 9.53 Å². The lowest BCUT2D eigenvalue weighted by molar-refractivity contribution is -0.120. The number of carbonyl (C=O) groups excluding carboxylic acids is 1. The zero-order valence-electron chi connectivity index (χ0n) is 16.7. The van der Waals surface area contributed by atoms with Gasteiger partial charge < -0.3 is 15.4 Å². The number of rotatable bonds is 9. The van der Waals surface area contributed by atoms with Gasteiger partial charge in [-0.25, -0.2) is 0 Å². The van der Waals surface area contributed by atoms with Crippen LogP contribution in [0.2, 0.25) is 0 Å². The Kier molecular flexibility index (Phi) is 8.03. The molecule has 5 heteroatoms. The van der Waals surface area contributed by atoms with Gasteiger partial charge in [-0.1, -0.05) is 60.2 Å². The van der Waals surface area contributed by atoms with Crippen LogP contribution in [-0.4, -0.2) is 56.7 Å². The van der Waals surface area contributed by atoms with Crippen LogP contribution in [0.3, 0.4) is 0 Å². The molecule has 1 fully saturated rings. The van der Waals surface area contributed by atoms with Gasteiger partial charge in [-0.2, -0.15) is 0 Å². The molecule has 2 aromatic carbocycles. The topological polar surface area (TPSA) is 53.6 Å². The monoisotopic (exact) mass is 381 g/mol. The third-order valence-corrected chi connectivity index (χ3v) is 5.11. The summed E-state index contributed by atoms with van der Waals surface area (Å²) in [4.78, 5) is 14.7. The maximum atomic E-state index is 12.3. The lowest BCUT2D eigenvalue weighted by atomic mass is 10.0. The van der Waals surface area contributed by atoms with Crippen LogP contribution in [0.1, 0.15) is 22.7 Å². The van der Waals surface area contributed by atoms with Crippen LogP contribution in [0.4, 0.5) is 0 Å². The highest BCUT2D eigenvalue weighted by atomic mass is 16.5. The zero-order chi connectivity index (χ0) is 19.6. The standard InChI is InChI=1S/C23H31N3O2/c1-19-7-9-21(10-8-19)22(18-26-13-15-28-16-14-26)25-17-23(27)24-12-11-20-5-3-2-4-6-20/h2-10,22,25H,11-18H2,1H3,(H,24,27)/t22-/m1/s1. The Morgan fingerprint density at radius 1 is 1.07 bits per heavy atom. The van der Waals surface area contributed by atoms with Crippen molar-refractivity contribution in [3.63, 3.8) is 0 Å². The smallest absolute Gasteiger partial charge is 0.233 e. The molecule has 1 atom stereocenters. The number of hydrogen-bond acceptors (Lipinski definition) is 4. The molecular formula is C23H31N3O2. The van der Waals surface area contributed by atoms with E-state index in [1.807, 2.05) is 18.2 Å². The third-order valence-electron chi connectivity index (χ3n) is 5.11. The molecule has 0 saturated carbocycles. The van der Waals surface area contributed by atoms with Crippen LogP contribution >= 0.6 is 0 Å². The Balaban J connectivity index is 1.49. The van der Waals surface area contributed by atoms with Crippen LogP contribution in [0.15, 0.2) is 54.6 Å². The van der Waals surface area contributed by atoms with Gasteiger partial charge in [0.15, 0.2) is 0 Å². The van der Waals surface area contributed by atoms with E-state index >= 15 is 0 Å². The number of amides is 1. The van der Waals surface area contributed by atoms with Crippen molar-refractivity contribution in [1.82, 2.24) is 15.5 Å². The maximum Gasteiger partial charge on any atom is 0.233 e. The first kappa shape index (κ1) is 20.5. The number of carbonyl (C=O) groups is 1. The number of hydrogen-bond donors (Lipinski definition) is 2. The Hall–Kier alpha value is -2.21. The molecule has 1 saturated heterocycles. The van der Waals surface area contributed by atoms with Gasteiger partial charge in [-0.3, -0.25) is 9.69 Å². The minimum Gasteiger partial charge on any atom is -0.379 e. The molecule has 5 nitrogen and oxygen atoms in total. The van der Waals surface area contributed by atoms with Crippen molar-refractivity contribution in [3.8, 4) is 0 Å². The number of nitrogens with one attached hydrogen (secondary N) is 2. The van der Waals surface area contributed by atoms with Gasteiger partial charge >= 0.3 is 0 Å². The lowest BCUT2D eigenvalue weighted by Crippen LogP contribution is -2.44. The van der Waals surface area contributed by atoms with Crippen molar-refractivity contribution in [1.29, 1.82) is 0 Å². The van der Waals surface area contributed by atoms with Crippen LogP contribution in [-0.2, 0) is 16.0 Å². The first-order valence-electron chi connectivity index (χ1n) is 10.1. The zero-order valence-corrected chi connectivity index (χ0v) is 16.7. The van der Waals surface area contributed by atoms with Crippen LogP contribution in [0, 0.1) is 6.92 Å². The molecule has 1 heterocycles. The predicted molar refractivity (Wildman–Crippen MR) is 112 cm³/mol. The van der Waals surface area contributed by atoms with E-state index in [1.54, 1.807) is 0 Å². The van der Waals surface area contributed by atoms with Gasteiger partial charge in [0.05, 0.1) is 19.8 Å². The summed E-state index contributed by atoms with van der Waals surface area (Å²) in [7, 11) is 0. The van der Waals surface area contributed by atoms with Crippen molar-refractivity contribution in [2.45, 2.75) is 19.4 Å². The molecule has 0 aromatic heterocycles. The van der Waals surface area contributed by atoms with E-state index in [0.717, 1.165) is 39.3 Å². The molecule has 1 aliphatic rings. The van der Waals surface area contributed by atoms with Crippen molar-refractivity contribution in [2.75, 3.05) is 45.9 Å². The van der Waals surface area contributed by atoms with Gasteiger partial charge in [0, 0.05) is 32.2 Å². The summed E-state index contributed by atoms with van der Waals surface area (Å²) >= 11 is 0. The summed E-state index contributed by atoms with van der Waals surface area (Å²) in [6.45, 7) is 7.38. The Labute approximate surface area is 168 Å². The van der Waals surface area contributed by atoms with Gasteiger partial charge in [0.2, 0.25) is 5.91 Å². The maximum absolute atomic E-state index is 12.3. The number of ether oxygens (including phenoxy) is 1. The highest BCUT2D eigenvalue weighted by Gasteiger charge is 2.19. The number of benzene rings is 2. The van der Waals surface area contributed by atoms with E-state index in [4.69, 9.17) is 4.74 Å². The van der Waals surface area contributed by atoms with E-state index in [0.29, 0.717) is 13.1 Å². The van der Waals surface area contributed by atoms with Gasteiger partial charge in [0.1, 0.15) is 0 Å². The minimum atomic E-state index is 0.0371. The quantitative estimate of drug-likeness (QED) is 0.700. The minimum absolute atomic E-state index is 0.0371. The molecule has 0 radical (unpaired) electrons. The average molecular weight is 382 g/mol. The normalized spacial score (nSPS) is 15.9. The molecule has 0 unspecified atom stereocenters. The number of nitrogens with zero attached hydrogens (tertiary/aromatic N) is 1. The first-order valence-corrected chi connectivity index (χ1v) is 10.1. The number of aryl methyl sites for hydroxylation is 1. The fourth-order valence-electron chi connectivity index (χ4n) is 3.40. The lowest BCUT2D eigenvalue weighted by Gasteiger charge is -2.31. The van der Waals surface area contributed by atoms with Crippen molar-refractivity contribution >= 4 is 5.91 Å². The summed E-state index contributed by atoms with van der Waals surface area (Å²) < 4.78 is 5.46. The molecule has 0 bridgehead atoms. The molecule has 150 valence electrons. The molecule has 0 aliphatic carbocycles. The molecule has 1 amide bonds. The van der Waals surface area contributed by atoms with Gasteiger partial charge in [0.25, 0.3) is 0 Å². The van der Waals surface area contributed by atoms with E-state index in [1.165, 1.54) is 16.7 Å².